The minimum absolute atomic E-state index is 0.241. The van der Waals surface area contributed by atoms with Gasteiger partial charge in [-0.05, 0) is 62.1 Å². The maximum absolute atomic E-state index is 14.7. The van der Waals surface area contributed by atoms with Gasteiger partial charge in [-0.25, -0.2) is 23.5 Å². The third kappa shape index (κ3) is 4.41. The number of carbonyl (C=O) groups excluding carboxylic acids is 2. The van der Waals surface area contributed by atoms with Gasteiger partial charge in [-0.2, -0.15) is 0 Å². The number of nitrogens with zero attached hydrogens (tertiary/aromatic N) is 4. The van der Waals surface area contributed by atoms with Crippen LogP contribution in [0.25, 0.3) is 22.4 Å². The number of fused-ring (bicyclic) bond motifs is 1. The SMILES string of the molecule is COC(=O)c1ccc(N(C(C)=O)C2(n3c(-c4ccc(Cl)cc4)nc4cc(F)c(F)cc43)CCCCC2)nc1. The topological polar surface area (TPSA) is 77.3 Å². The Kier molecular flexibility index (Phi) is 6.88. The van der Waals surface area contributed by atoms with Crippen molar-refractivity contribution >= 4 is 40.3 Å². The fraction of sp³-hybridized carbons (Fsp3) is 0.286. The van der Waals surface area contributed by atoms with Crippen molar-refractivity contribution in [3.8, 4) is 11.4 Å². The van der Waals surface area contributed by atoms with Crippen molar-refractivity contribution in [1.82, 2.24) is 14.5 Å². The monoisotopic (exact) mass is 538 g/mol. The Hall–Kier alpha value is -3.85. The maximum atomic E-state index is 14.7. The largest absolute Gasteiger partial charge is 0.465 e. The smallest absolute Gasteiger partial charge is 0.339 e. The van der Waals surface area contributed by atoms with E-state index >= 15 is 0 Å². The standard InChI is InChI=1S/C28H25ClF2N4O3/c1-17(36)34(25-11-8-19(16-32-25)27(37)38-2)28(12-4-3-5-13-28)35-24-15-22(31)21(30)14-23(24)33-26(35)18-6-9-20(29)10-7-18/h6-11,14-16H,3-5,12-13H2,1-2H3. The van der Waals surface area contributed by atoms with Crippen LogP contribution in [0.3, 0.4) is 0 Å². The molecule has 0 bridgehead atoms. The minimum Gasteiger partial charge on any atom is -0.465 e. The van der Waals surface area contributed by atoms with E-state index in [0.717, 1.165) is 31.4 Å². The van der Waals surface area contributed by atoms with Gasteiger partial charge in [0.15, 0.2) is 11.6 Å². The second-order valence-corrected chi connectivity index (χ2v) is 9.76. The molecule has 1 aliphatic carbocycles. The van der Waals surface area contributed by atoms with Gasteiger partial charge in [-0.3, -0.25) is 14.3 Å². The first-order valence-corrected chi connectivity index (χ1v) is 12.6. The first-order valence-electron chi connectivity index (χ1n) is 12.2. The van der Waals surface area contributed by atoms with Crippen LogP contribution in [-0.2, 0) is 15.2 Å². The number of hydrogen-bond donors (Lipinski definition) is 0. The number of methoxy groups -OCH3 is 1. The van der Waals surface area contributed by atoms with Gasteiger partial charge in [-0.1, -0.05) is 18.0 Å². The third-order valence-corrected chi connectivity index (χ3v) is 7.25. The van der Waals surface area contributed by atoms with Crippen LogP contribution in [0.4, 0.5) is 14.6 Å². The highest BCUT2D eigenvalue weighted by molar-refractivity contribution is 6.30. The Bertz CT molecular complexity index is 1510. The van der Waals surface area contributed by atoms with Crippen LogP contribution in [0, 0.1) is 11.6 Å². The molecular weight excluding hydrogens is 514 g/mol. The van der Waals surface area contributed by atoms with Gasteiger partial charge in [0.2, 0.25) is 5.91 Å². The third-order valence-electron chi connectivity index (χ3n) is 7.00. The van der Waals surface area contributed by atoms with Crippen LogP contribution in [0.1, 0.15) is 49.4 Å². The number of hydrogen-bond acceptors (Lipinski definition) is 5. The van der Waals surface area contributed by atoms with E-state index in [1.807, 2.05) is 4.57 Å². The number of esters is 1. The van der Waals surface area contributed by atoms with Crippen molar-refractivity contribution in [3.63, 3.8) is 0 Å². The van der Waals surface area contributed by atoms with Crippen molar-refractivity contribution in [2.24, 2.45) is 0 Å². The summed E-state index contributed by atoms with van der Waals surface area (Å²) in [5.41, 5.74) is 0.501. The zero-order chi connectivity index (χ0) is 27.0. The highest BCUT2D eigenvalue weighted by atomic mass is 35.5. The molecule has 0 atom stereocenters. The van der Waals surface area contributed by atoms with Crippen molar-refractivity contribution in [3.05, 3.63) is 76.9 Å². The minimum atomic E-state index is -1.03. The van der Waals surface area contributed by atoms with E-state index in [-0.39, 0.29) is 17.0 Å². The van der Waals surface area contributed by atoms with E-state index in [2.05, 4.69) is 4.98 Å². The van der Waals surface area contributed by atoms with Gasteiger partial charge in [0.1, 0.15) is 17.3 Å². The van der Waals surface area contributed by atoms with Crippen LogP contribution in [0.15, 0.2) is 54.7 Å². The molecular formula is C28H25ClF2N4O3. The van der Waals surface area contributed by atoms with Gasteiger partial charge in [0, 0.05) is 35.8 Å². The predicted octanol–water partition coefficient (Wildman–Crippen LogP) is 6.49. The molecule has 0 radical (unpaired) electrons. The average molecular weight is 539 g/mol. The lowest BCUT2D eigenvalue weighted by molar-refractivity contribution is -0.119. The van der Waals surface area contributed by atoms with E-state index in [1.165, 1.54) is 20.2 Å². The molecule has 0 spiro atoms. The van der Waals surface area contributed by atoms with E-state index in [4.69, 9.17) is 21.3 Å². The number of rotatable bonds is 5. The Morgan fingerprint density at radius 2 is 1.71 bits per heavy atom. The molecule has 4 aromatic rings. The summed E-state index contributed by atoms with van der Waals surface area (Å²) in [7, 11) is 1.28. The summed E-state index contributed by atoms with van der Waals surface area (Å²) < 4.78 is 35.6. The second kappa shape index (κ2) is 10.1. The first kappa shape index (κ1) is 25.8. The number of anilines is 1. The summed E-state index contributed by atoms with van der Waals surface area (Å²) in [6.07, 6.45) is 4.93. The van der Waals surface area contributed by atoms with Crippen molar-refractivity contribution in [2.75, 3.05) is 12.0 Å². The molecule has 0 unspecified atom stereocenters. The summed E-state index contributed by atoms with van der Waals surface area (Å²) >= 11 is 6.13. The summed E-state index contributed by atoms with van der Waals surface area (Å²) in [5, 5.41) is 0.529. The molecule has 1 amide bonds. The number of amides is 1. The van der Waals surface area contributed by atoms with Crippen molar-refractivity contribution in [2.45, 2.75) is 44.7 Å². The quantitative estimate of drug-likeness (QED) is 0.272. The Balaban J connectivity index is 1.80. The lowest BCUT2D eigenvalue weighted by Gasteiger charge is -2.47. The summed E-state index contributed by atoms with van der Waals surface area (Å²) in [6, 6.07) is 12.3. The van der Waals surface area contributed by atoms with Crippen LogP contribution in [0.5, 0.6) is 0 Å². The van der Waals surface area contributed by atoms with Crippen LogP contribution >= 0.6 is 11.6 Å². The summed E-state index contributed by atoms with van der Waals surface area (Å²) in [5.74, 6) is -2.10. The molecule has 38 heavy (non-hydrogen) atoms. The number of pyridine rings is 1. The zero-order valence-electron chi connectivity index (χ0n) is 20.9. The van der Waals surface area contributed by atoms with Crippen molar-refractivity contribution in [1.29, 1.82) is 0 Å². The second-order valence-electron chi connectivity index (χ2n) is 9.33. The van der Waals surface area contributed by atoms with Gasteiger partial charge in [-0.15, -0.1) is 0 Å². The molecule has 10 heteroatoms. The lowest BCUT2D eigenvalue weighted by atomic mass is 9.86. The highest BCUT2D eigenvalue weighted by Crippen LogP contribution is 2.45. The van der Waals surface area contributed by atoms with E-state index in [9.17, 15) is 18.4 Å². The fourth-order valence-electron chi connectivity index (χ4n) is 5.38. The fourth-order valence-corrected chi connectivity index (χ4v) is 5.50. The molecule has 2 aromatic carbocycles. The van der Waals surface area contributed by atoms with Gasteiger partial charge >= 0.3 is 5.97 Å². The van der Waals surface area contributed by atoms with Crippen LogP contribution in [-0.4, -0.2) is 33.5 Å². The molecule has 7 nitrogen and oxygen atoms in total. The zero-order valence-corrected chi connectivity index (χ0v) is 21.6. The normalized spacial score (nSPS) is 14.9. The first-order chi connectivity index (χ1) is 18.2. The molecule has 1 aliphatic rings. The van der Waals surface area contributed by atoms with E-state index < -0.39 is 23.3 Å². The van der Waals surface area contributed by atoms with E-state index in [0.29, 0.717) is 40.6 Å². The predicted molar refractivity (Wildman–Crippen MR) is 140 cm³/mol. The molecule has 1 saturated carbocycles. The molecule has 5 rings (SSSR count). The number of halogens is 3. The number of aromatic nitrogens is 3. The van der Waals surface area contributed by atoms with Gasteiger partial charge in [0.25, 0.3) is 0 Å². The van der Waals surface area contributed by atoms with E-state index in [1.54, 1.807) is 41.3 Å². The van der Waals surface area contributed by atoms with Crippen molar-refractivity contribution < 1.29 is 23.1 Å². The Morgan fingerprint density at radius 1 is 1.03 bits per heavy atom. The van der Waals surface area contributed by atoms with Gasteiger partial charge < -0.3 is 4.74 Å². The molecule has 2 aromatic heterocycles. The molecule has 0 aliphatic heterocycles. The highest BCUT2D eigenvalue weighted by Gasteiger charge is 2.45. The number of benzene rings is 2. The number of imidazole rings is 1. The summed E-state index contributed by atoms with van der Waals surface area (Å²) in [4.78, 5) is 36.1. The molecule has 2 heterocycles. The lowest BCUT2D eigenvalue weighted by Crippen LogP contribution is -2.55. The van der Waals surface area contributed by atoms with Crippen LogP contribution in [0.2, 0.25) is 5.02 Å². The molecule has 1 fully saturated rings. The number of ether oxygens (including phenoxy) is 1. The summed E-state index contributed by atoms with van der Waals surface area (Å²) in [6.45, 7) is 1.44. The average Bonchev–Trinajstić information content (AvgIpc) is 3.28. The number of carbonyl (C=O) groups is 2. The van der Waals surface area contributed by atoms with Crippen LogP contribution < -0.4 is 4.90 Å². The molecule has 196 valence electrons. The Labute approximate surface area is 223 Å². The Morgan fingerprint density at radius 3 is 2.32 bits per heavy atom. The molecule has 0 N–H and O–H groups in total. The van der Waals surface area contributed by atoms with Gasteiger partial charge in [0.05, 0.1) is 23.7 Å². The maximum Gasteiger partial charge on any atom is 0.339 e. The molecule has 0 saturated heterocycles.